The quantitative estimate of drug-likeness (QED) is 0.439. The van der Waals surface area contributed by atoms with Gasteiger partial charge in [-0.25, -0.2) is 14.8 Å². The lowest BCUT2D eigenvalue weighted by Gasteiger charge is -2.20. The molecule has 0 aliphatic rings. The summed E-state index contributed by atoms with van der Waals surface area (Å²) in [5.41, 5.74) is 2.08. The van der Waals surface area contributed by atoms with Gasteiger partial charge in [-0.2, -0.15) is 0 Å². The van der Waals surface area contributed by atoms with Gasteiger partial charge in [0.15, 0.2) is 11.8 Å². The second kappa shape index (κ2) is 9.51. The lowest BCUT2D eigenvalue weighted by atomic mass is 10.1. The van der Waals surface area contributed by atoms with Gasteiger partial charge in [0.1, 0.15) is 0 Å². The Morgan fingerprint density at radius 1 is 1.12 bits per heavy atom. The fraction of sp³-hybridized carbons (Fsp3) is 0.588. The molecule has 0 aliphatic heterocycles. The Bertz CT molecular complexity index is 663. The molecule has 8 nitrogen and oxygen atoms in total. The number of hydrogen-bond donors (Lipinski definition) is 2. The summed E-state index contributed by atoms with van der Waals surface area (Å²) in [4.78, 5) is 43.7. The van der Waals surface area contributed by atoms with E-state index in [-0.39, 0.29) is 6.42 Å². The van der Waals surface area contributed by atoms with E-state index in [1.54, 1.807) is 20.8 Å². The Morgan fingerprint density at radius 2 is 1.69 bits per heavy atom. The number of esters is 1. The molecular weight excluding hydrogens is 356 g/mol. The summed E-state index contributed by atoms with van der Waals surface area (Å²) in [6.45, 7) is 8.60. The van der Waals surface area contributed by atoms with E-state index >= 15 is 0 Å². The van der Waals surface area contributed by atoms with E-state index in [4.69, 9.17) is 4.74 Å². The van der Waals surface area contributed by atoms with Crippen molar-refractivity contribution in [3.05, 3.63) is 17.0 Å². The van der Waals surface area contributed by atoms with Gasteiger partial charge >= 0.3 is 12.0 Å². The number of nitrogens with zero attached hydrogens (tertiary/aromatic N) is 2. The summed E-state index contributed by atoms with van der Waals surface area (Å²) >= 11 is 1.46. The van der Waals surface area contributed by atoms with Crippen LogP contribution in [0.1, 0.15) is 44.1 Å². The number of thioether (sulfide) groups is 1. The normalized spacial score (nSPS) is 11.0. The maximum Gasteiger partial charge on any atom is 0.321 e. The number of urea groups is 1. The first-order valence-corrected chi connectivity index (χ1v) is 9.40. The van der Waals surface area contributed by atoms with Crippen LogP contribution in [0.25, 0.3) is 0 Å². The van der Waals surface area contributed by atoms with Crippen molar-refractivity contribution < 1.29 is 19.1 Å². The molecule has 0 saturated carbocycles. The van der Waals surface area contributed by atoms with Crippen molar-refractivity contribution in [1.82, 2.24) is 20.6 Å². The van der Waals surface area contributed by atoms with E-state index in [1.165, 1.54) is 11.8 Å². The Labute approximate surface area is 157 Å². The molecule has 0 radical (unpaired) electrons. The first kappa shape index (κ1) is 21.9. The van der Waals surface area contributed by atoms with Crippen LogP contribution < -0.4 is 10.6 Å². The van der Waals surface area contributed by atoms with Crippen molar-refractivity contribution >= 4 is 29.7 Å². The van der Waals surface area contributed by atoms with Crippen LogP contribution in [0.15, 0.2) is 5.16 Å². The molecule has 9 heteroatoms. The molecule has 2 N–H and O–H groups in total. The average Bonchev–Trinajstić information content (AvgIpc) is 2.49. The largest absolute Gasteiger partial charge is 0.456 e. The van der Waals surface area contributed by atoms with E-state index < -0.39 is 30.1 Å². The lowest BCUT2D eigenvalue weighted by Crippen LogP contribution is -2.49. The van der Waals surface area contributed by atoms with Gasteiger partial charge in [0.25, 0.3) is 5.91 Å². The van der Waals surface area contributed by atoms with Crippen molar-refractivity contribution in [2.24, 2.45) is 0 Å². The molecule has 0 aliphatic carbocycles. The number of hydrogen-bond acceptors (Lipinski definition) is 7. The third-order valence-corrected chi connectivity index (χ3v) is 3.82. The molecule has 0 fully saturated rings. The van der Waals surface area contributed by atoms with Crippen molar-refractivity contribution in [1.29, 1.82) is 0 Å². The molecule has 0 aromatic carbocycles. The maximum atomic E-state index is 11.8. The van der Waals surface area contributed by atoms with E-state index in [2.05, 4.69) is 20.6 Å². The number of amides is 3. The first-order valence-electron chi connectivity index (χ1n) is 8.17. The summed E-state index contributed by atoms with van der Waals surface area (Å²) in [6.07, 6.45) is 2.43. The molecule has 3 amide bonds. The Balaban J connectivity index is 2.44. The molecule has 1 aromatic rings. The highest BCUT2D eigenvalue weighted by molar-refractivity contribution is 7.98. The smallest absolute Gasteiger partial charge is 0.321 e. The van der Waals surface area contributed by atoms with Crippen LogP contribution in [0.2, 0.25) is 0 Å². The van der Waals surface area contributed by atoms with Gasteiger partial charge in [0, 0.05) is 23.3 Å². The topological polar surface area (TPSA) is 110 Å². The number of ether oxygens (including phenoxy) is 1. The molecule has 0 atom stereocenters. The van der Waals surface area contributed by atoms with Crippen molar-refractivity contribution in [3.63, 3.8) is 0 Å². The predicted molar refractivity (Wildman–Crippen MR) is 99.0 cm³/mol. The number of aryl methyl sites for hydroxylation is 2. The summed E-state index contributed by atoms with van der Waals surface area (Å²) in [6, 6.07) is -0.629. The molecule has 0 saturated heterocycles. The number of carbonyl (C=O) groups is 3. The van der Waals surface area contributed by atoms with E-state index in [9.17, 15) is 14.4 Å². The Hall–Kier alpha value is -2.16. The number of carbonyl (C=O) groups excluding carboxylic acids is 3. The fourth-order valence-electron chi connectivity index (χ4n) is 2.14. The number of aromatic nitrogens is 2. The Kier molecular flexibility index (Phi) is 8.01. The standard InChI is InChI=1S/C17H26N4O4S/c1-10-12(11(2)19-16(18-10)26-6)7-8-14(23)25-9-13(22)20-15(24)21-17(3,4)5/h7-9H2,1-6H3,(H2,20,21,22,24). The van der Waals surface area contributed by atoms with E-state index in [0.717, 1.165) is 17.0 Å². The third-order valence-electron chi connectivity index (χ3n) is 3.27. The van der Waals surface area contributed by atoms with Crippen LogP contribution in [0, 0.1) is 13.8 Å². The molecule has 1 rings (SSSR count). The van der Waals surface area contributed by atoms with E-state index in [1.807, 2.05) is 20.1 Å². The number of imide groups is 1. The second-order valence-electron chi connectivity index (χ2n) is 6.77. The SMILES string of the molecule is CSc1nc(C)c(CCC(=O)OCC(=O)NC(=O)NC(C)(C)C)c(C)n1. The minimum Gasteiger partial charge on any atom is -0.456 e. The predicted octanol–water partition coefficient (Wildman–Crippen LogP) is 1.92. The van der Waals surface area contributed by atoms with Gasteiger partial charge in [-0.05, 0) is 52.9 Å². The summed E-state index contributed by atoms with van der Waals surface area (Å²) in [5, 5.41) is 5.38. The minimum atomic E-state index is -0.680. The van der Waals surface area contributed by atoms with Gasteiger partial charge in [0.2, 0.25) is 0 Å². The van der Waals surface area contributed by atoms with Crippen LogP contribution in [0.5, 0.6) is 0 Å². The van der Waals surface area contributed by atoms with Gasteiger partial charge in [-0.1, -0.05) is 11.8 Å². The molecule has 0 bridgehead atoms. The van der Waals surface area contributed by atoms with Gasteiger partial charge < -0.3 is 10.1 Å². The zero-order valence-electron chi connectivity index (χ0n) is 16.1. The lowest BCUT2D eigenvalue weighted by molar-refractivity contribution is -0.148. The third kappa shape index (κ3) is 7.81. The van der Waals surface area contributed by atoms with Crippen molar-refractivity contribution in [3.8, 4) is 0 Å². The zero-order valence-corrected chi connectivity index (χ0v) is 16.9. The minimum absolute atomic E-state index is 0.102. The Morgan fingerprint density at radius 3 is 2.19 bits per heavy atom. The van der Waals surface area contributed by atoms with Crippen molar-refractivity contribution in [2.75, 3.05) is 12.9 Å². The molecular formula is C17H26N4O4S. The molecule has 1 heterocycles. The van der Waals surface area contributed by atoms with Gasteiger partial charge in [0.05, 0.1) is 0 Å². The molecule has 1 aromatic heterocycles. The maximum absolute atomic E-state index is 11.8. The highest BCUT2D eigenvalue weighted by Crippen LogP contribution is 2.17. The molecule has 0 spiro atoms. The van der Waals surface area contributed by atoms with Gasteiger partial charge in [-0.3, -0.25) is 14.9 Å². The van der Waals surface area contributed by atoms with Crippen LogP contribution in [-0.2, 0) is 20.7 Å². The molecule has 144 valence electrons. The monoisotopic (exact) mass is 382 g/mol. The fourth-order valence-corrected chi connectivity index (χ4v) is 2.60. The average molecular weight is 382 g/mol. The number of nitrogens with one attached hydrogen (secondary N) is 2. The van der Waals surface area contributed by atoms with Crippen LogP contribution in [0.3, 0.4) is 0 Å². The highest BCUT2D eigenvalue weighted by Gasteiger charge is 2.17. The van der Waals surface area contributed by atoms with E-state index in [0.29, 0.717) is 11.6 Å². The van der Waals surface area contributed by atoms with Crippen molar-refractivity contribution in [2.45, 2.75) is 58.2 Å². The van der Waals surface area contributed by atoms with Crippen LogP contribution >= 0.6 is 11.8 Å². The van der Waals surface area contributed by atoms with Crippen LogP contribution in [0.4, 0.5) is 4.79 Å². The summed E-state index contributed by atoms with van der Waals surface area (Å²) in [5.74, 6) is -1.20. The number of rotatable bonds is 6. The summed E-state index contributed by atoms with van der Waals surface area (Å²) in [7, 11) is 0. The first-order chi connectivity index (χ1) is 12.0. The highest BCUT2D eigenvalue weighted by atomic mass is 32.2. The second-order valence-corrected chi connectivity index (χ2v) is 7.55. The zero-order chi connectivity index (χ0) is 19.9. The van der Waals surface area contributed by atoms with Crippen LogP contribution in [-0.4, -0.2) is 46.3 Å². The summed E-state index contributed by atoms with van der Waals surface area (Å²) < 4.78 is 4.91. The molecule has 0 unspecified atom stereocenters. The van der Waals surface area contributed by atoms with Gasteiger partial charge in [-0.15, -0.1) is 0 Å². The molecule has 26 heavy (non-hydrogen) atoms.